The van der Waals surface area contributed by atoms with Gasteiger partial charge >= 0.3 is 0 Å². The Morgan fingerprint density at radius 1 is 1.22 bits per heavy atom. The molecule has 0 aliphatic rings. The minimum atomic E-state index is 0.229. The molecule has 2 aromatic carbocycles. The molecule has 0 saturated heterocycles. The number of benzene rings is 2. The minimum absolute atomic E-state index is 0.229. The van der Waals surface area contributed by atoms with Crippen LogP contribution in [0, 0.1) is 29.8 Å². The lowest BCUT2D eigenvalue weighted by Crippen LogP contribution is -2.04. The van der Waals surface area contributed by atoms with Crippen molar-refractivity contribution in [1.29, 1.82) is 0 Å². The van der Waals surface area contributed by atoms with E-state index in [0.29, 0.717) is 18.0 Å². The maximum absolute atomic E-state index is 5.57. The summed E-state index contributed by atoms with van der Waals surface area (Å²) < 4.78 is 12.0. The number of hydrogen-bond donors (Lipinski definition) is 1. The van der Waals surface area contributed by atoms with Gasteiger partial charge in [-0.25, -0.2) is 0 Å². The van der Waals surface area contributed by atoms with Crippen LogP contribution in [0.3, 0.4) is 0 Å². The van der Waals surface area contributed by atoms with E-state index in [1.165, 1.54) is 11.1 Å². The van der Waals surface area contributed by atoms with Crippen molar-refractivity contribution in [3.05, 3.63) is 50.6 Å². The second-order valence-electron chi connectivity index (χ2n) is 5.27. The highest BCUT2D eigenvalue weighted by Crippen LogP contribution is 2.34. The molecule has 0 bridgehead atoms. The van der Waals surface area contributed by atoms with Crippen LogP contribution in [0.4, 0.5) is 5.69 Å². The van der Waals surface area contributed by atoms with Gasteiger partial charge in [0, 0.05) is 12.2 Å². The maximum atomic E-state index is 5.57. The first-order valence-corrected chi connectivity index (χ1v) is 8.36. The van der Waals surface area contributed by atoms with Gasteiger partial charge in [0.25, 0.3) is 0 Å². The first kappa shape index (κ1) is 17.5. The molecule has 0 aromatic heterocycles. The summed E-state index contributed by atoms with van der Waals surface area (Å²) in [4.78, 5) is 0. The average molecular weight is 421 g/mol. The SMILES string of the molecule is C#CCOc1c(I)cc(CNc2cc(C)ccc2C)cc1OC. The summed E-state index contributed by atoms with van der Waals surface area (Å²) in [5, 5.41) is 3.48. The van der Waals surface area contributed by atoms with E-state index in [0.717, 1.165) is 14.8 Å². The van der Waals surface area contributed by atoms with Crippen LogP contribution in [0.2, 0.25) is 0 Å². The fraction of sp³-hybridized carbons (Fsp3) is 0.263. The van der Waals surface area contributed by atoms with Crippen LogP contribution in [0.15, 0.2) is 30.3 Å². The Kier molecular flexibility index (Phi) is 6.17. The van der Waals surface area contributed by atoms with Gasteiger partial charge in [0.1, 0.15) is 6.61 Å². The molecule has 0 atom stereocenters. The molecule has 1 N–H and O–H groups in total. The third kappa shape index (κ3) is 4.55. The van der Waals surface area contributed by atoms with Crippen molar-refractivity contribution in [3.63, 3.8) is 0 Å². The minimum Gasteiger partial charge on any atom is -0.493 e. The molecule has 2 rings (SSSR count). The van der Waals surface area contributed by atoms with Crippen molar-refractivity contribution in [2.24, 2.45) is 0 Å². The molecule has 3 nitrogen and oxygen atoms in total. The number of hydrogen-bond acceptors (Lipinski definition) is 3. The number of methoxy groups -OCH3 is 1. The number of halogens is 1. The van der Waals surface area contributed by atoms with Crippen LogP contribution in [0.5, 0.6) is 11.5 Å². The van der Waals surface area contributed by atoms with Gasteiger partial charge in [-0.05, 0) is 71.3 Å². The first-order chi connectivity index (χ1) is 11.0. The summed E-state index contributed by atoms with van der Waals surface area (Å²) >= 11 is 2.24. The van der Waals surface area contributed by atoms with Crippen molar-refractivity contribution in [3.8, 4) is 23.8 Å². The van der Waals surface area contributed by atoms with Crippen LogP contribution < -0.4 is 14.8 Å². The Morgan fingerprint density at radius 2 is 2.00 bits per heavy atom. The van der Waals surface area contributed by atoms with E-state index >= 15 is 0 Å². The molecule has 23 heavy (non-hydrogen) atoms. The summed E-state index contributed by atoms with van der Waals surface area (Å²) in [6, 6.07) is 10.4. The molecule has 0 unspecified atom stereocenters. The topological polar surface area (TPSA) is 30.5 Å². The fourth-order valence-electron chi connectivity index (χ4n) is 2.25. The number of aryl methyl sites for hydroxylation is 2. The lowest BCUT2D eigenvalue weighted by atomic mass is 10.1. The fourth-order valence-corrected chi connectivity index (χ4v) is 3.07. The number of anilines is 1. The quantitative estimate of drug-likeness (QED) is 0.549. The molecular formula is C19H20INO2. The van der Waals surface area contributed by atoms with E-state index in [4.69, 9.17) is 15.9 Å². The second-order valence-corrected chi connectivity index (χ2v) is 6.44. The molecule has 0 aliphatic heterocycles. The van der Waals surface area contributed by atoms with Crippen molar-refractivity contribution in [1.82, 2.24) is 0 Å². The normalized spacial score (nSPS) is 10.0. The zero-order valence-electron chi connectivity index (χ0n) is 13.6. The molecule has 0 spiro atoms. The Bertz CT molecular complexity index is 735. The number of ether oxygens (including phenoxy) is 2. The second kappa shape index (κ2) is 8.11. The molecule has 0 heterocycles. The van der Waals surface area contributed by atoms with Crippen LogP contribution >= 0.6 is 22.6 Å². The summed E-state index contributed by atoms with van der Waals surface area (Å²) in [5.74, 6) is 3.87. The predicted octanol–water partition coefficient (Wildman–Crippen LogP) is 4.54. The van der Waals surface area contributed by atoms with Crippen molar-refractivity contribution in [2.45, 2.75) is 20.4 Å². The molecule has 0 radical (unpaired) electrons. The van der Waals surface area contributed by atoms with E-state index in [1.54, 1.807) is 7.11 Å². The Balaban J connectivity index is 2.19. The number of nitrogens with one attached hydrogen (secondary N) is 1. The highest BCUT2D eigenvalue weighted by molar-refractivity contribution is 14.1. The van der Waals surface area contributed by atoms with E-state index < -0.39 is 0 Å². The van der Waals surface area contributed by atoms with Crippen molar-refractivity contribution < 1.29 is 9.47 Å². The summed E-state index contributed by atoms with van der Waals surface area (Å²) in [5.41, 5.74) is 4.74. The Morgan fingerprint density at radius 3 is 2.70 bits per heavy atom. The molecule has 0 saturated carbocycles. The average Bonchev–Trinajstić information content (AvgIpc) is 2.54. The van der Waals surface area contributed by atoms with E-state index in [2.05, 4.69) is 71.9 Å². The molecule has 0 fully saturated rings. The Hall–Kier alpha value is -1.87. The first-order valence-electron chi connectivity index (χ1n) is 7.29. The zero-order chi connectivity index (χ0) is 16.8. The lowest BCUT2D eigenvalue weighted by Gasteiger charge is -2.15. The standard InChI is InChI=1S/C19H20INO2/c1-5-8-23-19-16(20)10-15(11-18(19)22-4)12-21-17-9-13(2)6-7-14(17)3/h1,6-7,9-11,21H,8,12H2,2-4H3. The summed E-state index contributed by atoms with van der Waals surface area (Å²) in [6.45, 7) is 5.13. The van der Waals surface area contributed by atoms with Crippen molar-refractivity contribution in [2.75, 3.05) is 19.0 Å². The monoisotopic (exact) mass is 421 g/mol. The highest BCUT2D eigenvalue weighted by Gasteiger charge is 2.11. The van der Waals surface area contributed by atoms with Gasteiger partial charge in [0.2, 0.25) is 0 Å². The van der Waals surface area contributed by atoms with Gasteiger partial charge in [0.15, 0.2) is 11.5 Å². The third-order valence-corrected chi connectivity index (χ3v) is 4.27. The lowest BCUT2D eigenvalue weighted by molar-refractivity contribution is 0.328. The van der Waals surface area contributed by atoms with Gasteiger partial charge in [-0.15, -0.1) is 6.42 Å². The van der Waals surface area contributed by atoms with E-state index in [-0.39, 0.29) is 6.61 Å². The molecule has 0 amide bonds. The van der Waals surface area contributed by atoms with E-state index in [1.807, 2.05) is 6.07 Å². The predicted molar refractivity (Wildman–Crippen MR) is 103 cm³/mol. The zero-order valence-corrected chi connectivity index (χ0v) is 15.7. The smallest absolute Gasteiger partial charge is 0.175 e. The Labute approximate surface area is 151 Å². The molecular weight excluding hydrogens is 401 g/mol. The molecule has 2 aromatic rings. The van der Waals surface area contributed by atoms with E-state index in [9.17, 15) is 0 Å². The van der Waals surface area contributed by atoms with Gasteiger partial charge in [-0.1, -0.05) is 18.1 Å². The highest BCUT2D eigenvalue weighted by atomic mass is 127. The summed E-state index contributed by atoms with van der Waals surface area (Å²) in [7, 11) is 1.63. The third-order valence-electron chi connectivity index (χ3n) is 3.47. The van der Waals surface area contributed by atoms with Crippen LogP contribution in [-0.2, 0) is 6.54 Å². The van der Waals surface area contributed by atoms with Crippen molar-refractivity contribution >= 4 is 28.3 Å². The number of rotatable bonds is 6. The maximum Gasteiger partial charge on any atom is 0.175 e. The van der Waals surface area contributed by atoms with Crippen LogP contribution in [0.1, 0.15) is 16.7 Å². The summed E-state index contributed by atoms with van der Waals surface area (Å²) in [6.07, 6.45) is 5.26. The van der Waals surface area contributed by atoms with Crippen LogP contribution in [0.25, 0.3) is 0 Å². The van der Waals surface area contributed by atoms with Gasteiger partial charge in [0.05, 0.1) is 10.7 Å². The molecule has 120 valence electrons. The van der Waals surface area contributed by atoms with Gasteiger partial charge < -0.3 is 14.8 Å². The largest absolute Gasteiger partial charge is 0.493 e. The molecule has 4 heteroatoms. The van der Waals surface area contributed by atoms with Gasteiger partial charge in [-0.3, -0.25) is 0 Å². The number of terminal acetylenes is 1. The molecule has 0 aliphatic carbocycles. The van der Waals surface area contributed by atoms with Crippen LogP contribution in [-0.4, -0.2) is 13.7 Å². The van der Waals surface area contributed by atoms with Gasteiger partial charge in [-0.2, -0.15) is 0 Å².